The van der Waals surface area contributed by atoms with Gasteiger partial charge in [0.25, 0.3) is 0 Å². The van der Waals surface area contributed by atoms with Gasteiger partial charge in [-0.25, -0.2) is 4.79 Å². The third-order valence-electron chi connectivity index (χ3n) is 3.36. The summed E-state index contributed by atoms with van der Waals surface area (Å²) in [4.78, 5) is 21.9. The summed E-state index contributed by atoms with van der Waals surface area (Å²) in [6.45, 7) is 5.66. The van der Waals surface area contributed by atoms with E-state index in [4.69, 9.17) is 5.11 Å². The number of allylic oxidation sites excluding steroid dienone is 4. The highest BCUT2D eigenvalue weighted by Gasteiger charge is 2.46. The molecule has 0 amide bonds. The van der Waals surface area contributed by atoms with E-state index in [1.165, 1.54) is 6.08 Å². The van der Waals surface area contributed by atoms with Gasteiger partial charge in [-0.15, -0.1) is 0 Å². The monoisotopic (exact) mass is 250 g/mol. The minimum Gasteiger partial charge on any atom is -0.481 e. The molecular formula is C14H18O4. The summed E-state index contributed by atoms with van der Waals surface area (Å²) in [7, 11) is 0. The smallest absolute Gasteiger partial charge is 0.328 e. The lowest BCUT2D eigenvalue weighted by molar-refractivity contribution is -0.151. The van der Waals surface area contributed by atoms with Crippen LogP contribution < -0.4 is 0 Å². The molecule has 0 saturated carbocycles. The van der Waals surface area contributed by atoms with E-state index in [0.717, 1.165) is 11.6 Å². The van der Waals surface area contributed by atoms with Gasteiger partial charge >= 0.3 is 11.9 Å². The van der Waals surface area contributed by atoms with Crippen LogP contribution in [0.2, 0.25) is 0 Å². The second-order valence-corrected chi connectivity index (χ2v) is 5.44. The number of carbonyl (C=O) groups is 2. The van der Waals surface area contributed by atoms with Crippen LogP contribution in [0, 0.1) is 10.8 Å². The number of aliphatic carboxylic acids is 2. The normalized spacial score (nSPS) is 24.1. The van der Waals surface area contributed by atoms with E-state index < -0.39 is 22.8 Å². The molecule has 1 atom stereocenters. The van der Waals surface area contributed by atoms with Crippen molar-refractivity contribution in [1.82, 2.24) is 0 Å². The fourth-order valence-electron chi connectivity index (χ4n) is 1.98. The van der Waals surface area contributed by atoms with Crippen LogP contribution in [0.25, 0.3) is 0 Å². The molecule has 1 aliphatic rings. The van der Waals surface area contributed by atoms with E-state index in [0.29, 0.717) is 6.42 Å². The molecule has 0 aromatic heterocycles. The molecule has 2 N–H and O–H groups in total. The van der Waals surface area contributed by atoms with Crippen LogP contribution in [0.1, 0.15) is 27.2 Å². The van der Waals surface area contributed by atoms with E-state index in [1.807, 2.05) is 20.8 Å². The topological polar surface area (TPSA) is 74.6 Å². The Morgan fingerprint density at radius 3 is 2.28 bits per heavy atom. The molecule has 0 heterocycles. The summed E-state index contributed by atoms with van der Waals surface area (Å²) >= 11 is 0. The van der Waals surface area contributed by atoms with Gasteiger partial charge in [-0.1, -0.05) is 39.0 Å². The zero-order valence-electron chi connectivity index (χ0n) is 10.8. The summed E-state index contributed by atoms with van der Waals surface area (Å²) in [5, 5.41) is 18.0. The van der Waals surface area contributed by atoms with Crippen molar-refractivity contribution < 1.29 is 19.8 Å². The fraction of sp³-hybridized carbons (Fsp3) is 0.429. The summed E-state index contributed by atoms with van der Waals surface area (Å²) in [6.07, 6.45) is 7.97. The van der Waals surface area contributed by atoms with Gasteiger partial charge in [-0.05, 0) is 23.5 Å². The third kappa shape index (κ3) is 2.70. The second kappa shape index (κ2) is 4.80. The minimum atomic E-state index is -1.02. The lowest BCUT2D eigenvalue weighted by atomic mass is 9.63. The SMILES string of the molecule is CC(C)(C)C1(C(=O)O)C=CC(/C=C/C(=O)O)=CC1. The summed E-state index contributed by atoms with van der Waals surface area (Å²) in [5.74, 6) is -1.88. The number of carboxylic acids is 2. The first-order valence-electron chi connectivity index (χ1n) is 5.73. The van der Waals surface area contributed by atoms with E-state index in [2.05, 4.69) is 0 Å². The standard InChI is InChI=1S/C14H18O4/c1-13(2,3)14(12(17)18)8-6-10(7-9-14)4-5-11(15)16/h4-8H,9H2,1-3H3,(H,15,16)(H,17,18)/b5-4+. The Labute approximate surface area is 106 Å². The Balaban J connectivity index is 2.99. The lowest BCUT2D eigenvalue weighted by Crippen LogP contribution is -2.41. The van der Waals surface area contributed by atoms with Gasteiger partial charge in [-0.3, -0.25) is 4.79 Å². The van der Waals surface area contributed by atoms with Crippen molar-refractivity contribution >= 4 is 11.9 Å². The van der Waals surface area contributed by atoms with Crippen molar-refractivity contribution in [2.75, 3.05) is 0 Å². The average molecular weight is 250 g/mol. The van der Waals surface area contributed by atoms with Crippen molar-refractivity contribution in [3.8, 4) is 0 Å². The van der Waals surface area contributed by atoms with Crippen molar-refractivity contribution in [1.29, 1.82) is 0 Å². The van der Waals surface area contributed by atoms with Crippen molar-refractivity contribution in [3.05, 3.63) is 36.0 Å². The Morgan fingerprint density at radius 2 is 1.94 bits per heavy atom. The Kier molecular flexibility index (Phi) is 3.79. The predicted octanol–water partition coefficient (Wildman–Crippen LogP) is 2.63. The first-order chi connectivity index (χ1) is 8.19. The first kappa shape index (κ1) is 14.2. The summed E-state index contributed by atoms with van der Waals surface area (Å²) < 4.78 is 0. The van der Waals surface area contributed by atoms with E-state index in [-0.39, 0.29) is 0 Å². The molecule has 0 aromatic carbocycles. The van der Waals surface area contributed by atoms with Crippen molar-refractivity contribution in [2.45, 2.75) is 27.2 Å². The Morgan fingerprint density at radius 1 is 1.33 bits per heavy atom. The Hall–Kier alpha value is -1.84. The van der Waals surface area contributed by atoms with Crippen LogP contribution in [-0.4, -0.2) is 22.2 Å². The number of rotatable bonds is 3. The van der Waals surface area contributed by atoms with Crippen LogP contribution in [0.3, 0.4) is 0 Å². The van der Waals surface area contributed by atoms with Gasteiger partial charge in [0.2, 0.25) is 0 Å². The molecule has 0 bridgehead atoms. The maximum Gasteiger partial charge on any atom is 0.328 e. The van der Waals surface area contributed by atoms with Crippen LogP contribution in [0.5, 0.6) is 0 Å². The highest BCUT2D eigenvalue weighted by atomic mass is 16.4. The second-order valence-electron chi connectivity index (χ2n) is 5.44. The van der Waals surface area contributed by atoms with Gasteiger partial charge in [0.1, 0.15) is 0 Å². The molecule has 1 aliphatic carbocycles. The number of hydrogen-bond donors (Lipinski definition) is 2. The van der Waals surface area contributed by atoms with E-state index in [1.54, 1.807) is 18.2 Å². The first-order valence-corrected chi connectivity index (χ1v) is 5.73. The van der Waals surface area contributed by atoms with Crippen LogP contribution in [0.4, 0.5) is 0 Å². The molecule has 0 aliphatic heterocycles. The highest BCUT2D eigenvalue weighted by molar-refractivity contribution is 5.81. The van der Waals surface area contributed by atoms with Crippen LogP contribution in [0.15, 0.2) is 36.0 Å². The van der Waals surface area contributed by atoms with Crippen LogP contribution >= 0.6 is 0 Å². The average Bonchev–Trinajstić information content (AvgIpc) is 2.25. The molecular weight excluding hydrogens is 232 g/mol. The quantitative estimate of drug-likeness (QED) is 0.755. The molecule has 98 valence electrons. The van der Waals surface area contributed by atoms with Gasteiger partial charge in [-0.2, -0.15) is 0 Å². The zero-order valence-corrected chi connectivity index (χ0v) is 10.8. The molecule has 18 heavy (non-hydrogen) atoms. The van der Waals surface area contributed by atoms with Gasteiger partial charge in [0, 0.05) is 6.08 Å². The zero-order chi connectivity index (χ0) is 14.0. The largest absolute Gasteiger partial charge is 0.481 e. The molecule has 1 rings (SSSR count). The van der Waals surface area contributed by atoms with Gasteiger partial charge in [0.05, 0.1) is 5.41 Å². The summed E-state index contributed by atoms with van der Waals surface area (Å²) in [6, 6.07) is 0. The molecule has 0 saturated heterocycles. The van der Waals surface area contributed by atoms with Crippen molar-refractivity contribution in [2.24, 2.45) is 10.8 Å². The Bertz CT molecular complexity index is 449. The molecule has 0 spiro atoms. The predicted molar refractivity (Wildman–Crippen MR) is 68.1 cm³/mol. The molecule has 0 radical (unpaired) electrons. The lowest BCUT2D eigenvalue weighted by Gasteiger charge is -2.39. The molecule has 0 aromatic rings. The van der Waals surface area contributed by atoms with Gasteiger partial charge < -0.3 is 10.2 Å². The van der Waals surface area contributed by atoms with E-state index >= 15 is 0 Å². The molecule has 4 nitrogen and oxygen atoms in total. The highest BCUT2D eigenvalue weighted by Crippen LogP contribution is 2.45. The third-order valence-corrected chi connectivity index (χ3v) is 3.36. The van der Waals surface area contributed by atoms with E-state index in [9.17, 15) is 14.7 Å². The molecule has 4 heteroatoms. The van der Waals surface area contributed by atoms with Gasteiger partial charge in [0.15, 0.2) is 0 Å². The maximum atomic E-state index is 11.5. The molecule has 1 unspecified atom stereocenters. The van der Waals surface area contributed by atoms with Crippen LogP contribution in [-0.2, 0) is 9.59 Å². The minimum absolute atomic E-state index is 0.363. The molecule has 0 fully saturated rings. The van der Waals surface area contributed by atoms with Crippen molar-refractivity contribution in [3.63, 3.8) is 0 Å². The number of carboxylic acid groups (broad SMARTS) is 2. The fourth-order valence-corrected chi connectivity index (χ4v) is 1.98. The summed E-state index contributed by atoms with van der Waals surface area (Å²) in [5.41, 5.74) is -0.625. The maximum absolute atomic E-state index is 11.5. The number of hydrogen-bond acceptors (Lipinski definition) is 2.